The molecule has 154 valence electrons. The van der Waals surface area contributed by atoms with E-state index in [9.17, 15) is 8.78 Å². The molecule has 4 heterocycles. The molecule has 0 spiro atoms. The van der Waals surface area contributed by atoms with Crippen LogP contribution in [-0.2, 0) is 0 Å². The Morgan fingerprint density at radius 1 is 0.903 bits per heavy atom. The molecule has 0 aliphatic carbocycles. The third kappa shape index (κ3) is 3.61. The largest absolute Gasteiger partial charge is 0.366 e. The van der Waals surface area contributed by atoms with Crippen LogP contribution in [0.4, 0.5) is 14.7 Å². The molecular formula is C22H17F2N7. The van der Waals surface area contributed by atoms with Gasteiger partial charge in [0.1, 0.15) is 11.6 Å². The summed E-state index contributed by atoms with van der Waals surface area (Å²) in [6, 6.07) is 12.4. The Balaban J connectivity index is 1.49. The van der Waals surface area contributed by atoms with Gasteiger partial charge in [-0.15, -0.1) is 5.10 Å². The Labute approximate surface area is 175 Å². The molecule has 0 saturated heterocycles. The Bertz CT molecular complexity index is 1390. The highest BCUT2D eigenvalue weighted by Crippen LogP contribution is 2.26. The molecule has 9 heteroatoms. The highest BCUT2D eigenvalue weighted by Gasteiger charge is 2.14. The fraction of sp³-hybridized carbons (Fsp3) is 0.0909. The van der Waals surface area contributed by atoms with Gasteiger partial charge in [-0.25, -0.2) is 18.3 Å². The first-order valence-corrected chi connectivity index (χ1v) is 9.56. The molecule has 7 nitrogen and oxygen atoms in total. The predicted octanol–water partition coefficient (Wildman–Crippen LogP) is 4.12. The van der Waals surface area contributed by atoms with E-state index in [4.69, 9.17) is 5.73 Å². The van der Waals surface area contributed by atoms with Gasteiger partial charge >= 0.3 is 0 Å². The van der Waals surface area contributed by atoms with Gasteiger partial charge in [-0.1, -0.05) is 12.1 Å². The number of hydrogen-bond donors (Lipinski definition) is 1. The molecule has 0 saturated carbocycles. The molecule has 0 aliphatic heterocycles. The van der Waals surface area contributed by atoms with E-state index < -0.39 is 5.82 Å². The minimum Gasteiger partial charge on any atom is -0.366 e. The Hall–Kier alpha value is -4.14. The molecule has 1 atom stereocenters. The van der Waals surface area contributed by atoms with Crippen LogP contribution in [-0.4, -0.2) is 29.4 Å². The van der Waals surface area contributed by atoms with Crippen LogP contribution in [0.5, 0.6) is 0 Å². The van der Waals surface area contributed by atoms with Gasteiger partial charge in [0.25, 0.3) is 0 Å². The highest BCUT2D eigenvalue weighted by molar-refractivity contribution is 5.68. The summed E-state index contributed by atoms with van der Waals surface area (Å²) in [5.74, 6) is -0.548. The van der Waals surface area contributed by atoms with Crippen molar-refractivity contribution in [3.05, 3.63) is 84.3 Å². The average Bonchev–Trinajstić information content (AvgIpc) is 3.39. The summed E-state index contributed by atoms with van der Waals surface area (Å²) in [5, 5.41) is 8.43. The number of benzene rings is 1. The van der Waals surface area contributed by atoms with E-state index in [-0.39, 0.29) is 17.8 Å². The average molecular weight is 417 g/mol. The van der Waals surface area contributed by atoms with Crippen molar-refractivity contribution in [1.29, 1.82) is 0 Å². The Kier molecular flexibility index (Phi) is 4.43. The molecule has 0 amide bonds. The summed E-state index contributed by atoms with van der Waals surface area (Å²) >= 11 is 0. The van der Waals surface area contributed by atoms with Crippen LogP contribution in [0.2, 0.25) is 0 Å². The maximum Gasteiger partial charge on any atom is 0.240 e. The van der Waals surface area contributed by atoms with Crippen LogP contribution in [0.25, 0.3) is 28.2 Å². The summed E-state index contributed by atoms with van der Waals surface area (Å²) in [5.41, 5.74) is 9.35. The van der Waals surface area contributed by atoms with Crippen LogP contribution in [0.15, 0.2) is 67.1 Å². The van der Waals surface area contributed by atoms with Crippen LogP contribution in [0.1, 0.15) is 18.5 Å². The molecule has 0 bridgehead atoms. The standard InChI is InChI=1S/C22H17F2N7/c1-13(14-2-4-17(23)5-3-14)31-12-16(11-26-31)20-10-18(24)9-19(27-20)15-6-7-30-21(8-15)28-22(25)29-30/h2-13H,1H3,(H2,25,29). The first-order chi connectivity index (χ1) is 15.0. The number of aromatic nitrogens is 6. The quantitative estimate of drug-likeness (QED) is 0.475. The van der Waals surface area contributed by atoms with Gasteiger partial charge in [-0.2, -0.15) is 10.1 Å². The third-order valence-corrected chi connectivity index (χ3v) is 5.09. The number of anilines is 1. The first-order valence-electron chi connectivity index (χ1n) is 9.56. The number of nitrogens with zero attached hydrogens (tertiary/aromatic N) is 6. The fourth-order valence-corrected chi connectivity index (χ4v) is 3.43. The molecule has 4 aromatic heterocycles. The predicted molar refractivity (Wildman–Crippen MR) is 112 cm³/mol. The lowest BCUT2D eigenvalue weighted by Gasteiger charge is -2.12. The van der Waals surface area contributed by atoms with E-state index in [0.29, 0.717) is 28.2 Å². The van der Waals surface area contributed by atoms with Crippen molar-refractivity contribution in [3.8, 4) is 22.5 Å². The topological polar surface area (TPSA) is 86.9 Å². The molecule has 5 aromatic rings. The van der Waals surface area contributed by atoms with Gasteiger partial charge in [-0.05, 0) is 36.8 Å². The van der Waals surface area contributed by atoms with Crippen LogP contribution < -0.4 is 5.73 Å². The summed E-state index contributed by atoms with van der Waals surface area (Å²) in [6.45, 7) is 1.95. The number of nitrogen functional groups attached to an aromatic ring is 1. The maximum atomic E-state index is 14.4. The minimum atomic E-state index is -0.416. The Morgan fingerprint density at radius 3 is 2.42 bits per heavy atom. The van der Waals surface area contributed by atoms with Gasteiger partial charge in [0.2, 0.25) is 5.95 Å². The van der Waals surface area contributed by atoms with E-state index in [1.165, 1.54) is 24.3 Å². The third-order valence-electron chi connectivity index (χ3n) is 5.09. The maximum absolute atomic E-state index is 14.4. The van der Waals surface area contributed by atoms with Gasteiger partial charge in [0.05, 0.1) is 23.6 Å². The van der Waals surface area contributed by atoms with Gasteiger partial charge in [-0.3, -0.25) is 4.68 Å². The van der Waals surface area contributed by atoms with Crippen molar-refractivity contribution >= 4 is 11.6 Å². The SMILES string of the molecule is CC(c1ccc(F)cc1)n1cc(-c2cc(F)cc(-c3ccn4nc(N)nc4c3)n2)cn1. The Morgan fingerprint density at radius 2 is 1.65 bits per heavy atom. The van der Waals surface area contributed by atoms with E-state index in [2.05, 4.69) is 20.2 Å². The molecule has 1 unspecified atom stereocenters. The lowest BCUT2D eigenvalue weighted by Crippen LogP contribution is -2.06. The van der Waals surface area contributed by atoms with Crippen molar-refractivity contribution < 1.29 is 8.78 Å². The summed E-state index contributed by atoms with van der Waals surface area (Å²) < 4.78 is 30.9. The lowest BCUT2D eigenvalue weighted by atomic mass is 10.1. The zero-order valence-electron chi connectivity index (χ0n) is 16.4. The van der Waals surface area contributed by atoms with Crippen molar-refractivity contribution in [3.63, 3.8) is 0 Å². The molecule has 0 aliphatic rings. The van der Waals surface area contributed by atoms with Crippen molar-refractivity contribution in [2.24, 2.45) is 0 Å². The smallest absolute Gasteiger partial charge is 0.240 e. The number of fused-ring (bicyclic) bond motifs is 1. The van der Waals surface area contributed by atoms with Crippen LogP contribution >= 0.6 is 0 Å². The fourth-order valence-electron chi connectivity index (χ4n) is 3.43. The van der Waals surface area contributed by atoms with Gasteiger partial charge in [0, 0.05) is 35.7 Å². The summed E-state index contributed by atoms with van der Waals surface area (Å²) in [4.78, 5) is 8.74. The van der Waals surface area contributed by atoms with Crippen LogP contribution in [0, 0.1) is 11.6 Å². The molecular weight excluding hydrogens is 400 g/mol. The number of rotatable bonds is 4. The molecule has 2 N–H and O–H groups in total. The second kappa shape index (κ2) is 7.28. The van der Waals surface area contributed by atoms with Crippen molar-refractivity contribution in [1.82, 2.24) is 29.4 Å². The lowest BCUT2D eigenvalue weighted by molar-refractivity contribution is 0.561. The van der Waals surface area contributed by atoms with Gasteiger partial charge in [0.15, 0.2) is 5.65 Å². The van der Waals surface area contributed by atoms with Crippen LogP contribution in [0.3, 0.4) is 0 Å². The molecule has 0 fully saturated rings. The molecule has 5 rings (SSSR count). The minimum absolute atomic E-state index is 0.122. The number of hydrogen-bond acceptors (Lipinski definition) is 5. The second-order valence-corrected chi connectivity index (χ2v) is 7.18. The van der Waals surface area contributed by atoms with Gasteiger partial charge < -0.3 is 5.73 Å². The summed E-state index contributed by atoms with van der Waals surface area (Å²) in [6.07, 6.45) is 5.12. The zero-order chi connectivity index (χ0) is 21.5. The number of nitrogens with two attached hydrogens (primary N) is 1. The van der Waals surface area contributed by atoms with Crippen molar-refractivity contribution in [2.45, 2.75) is 13.0 Å². The first kappa shape index (κ1) is 18.9. The number of pyridine rings is 2. The normalized spacial score (nSPS) is 12.4. The zero-order valence-corrected chi connectivity index (χ0v) is 16.4. The summed E-state index contributed by atoms with van der Waals surface area (Å²) in [7, 11) is 0. The van der Waals surface area contributed by atoms with E-state index in [1.54, 1.807) is 52.1 Å². The number of halogens is 2. The monoisotopic (exact) mass is 417 g/mol. The molecule has 31 heavy (non-hydrogen) atoms. The molecule has 1 aromatic carbocycles. The highest BCUT2D eigenvalue weighted by atomic mass is 19.1. The molecule has 0 radical (unpaired) electrons. The van der Waals surface area contributed by atoms with E-state index >= 15 is 0 Å². The van der Waals surface area contributed by atoms with Crippen molar-refractivity contribution in [2.75, 3.05) is 5.73 Å². The van der Waals surface area contributed by atoms with E-state index in [0.717, 1.165) is 5.56 Å². The van der Waals surface area contributed by atoms with E-state index in [1.807, 2.05) is 6.92 Å². The second-order valence-electron chi connectivity index (χ2n) is 7.18.